The lowest BCUT2D eigenvalue weighted by Crippen LogP contribution is -2.48. The van der Waals surface area contributed by atoms with Gasteiger partial charge in [-0.1, -0.05) is 24.3 Å². The predicted octanol–water partition coefficient (Wildman–Crippen LogP) is 1.98. The molecule has 0 unspecified atom stereocenters. The molecule has 1 aliphatic carbocycles. The van der Waals surface area contributed by atoms with Crippen LogP contribution in [0.2, 0.25) is 0 Å². The fraction of sp³-hybridized carbons (Fsp3) is 0.632. The maximum atomic E-state index is 12.6. The monoisotopic (exact) mass is 316 g/mol. The molecule has 1 saturated heterocycles. The second-order valence-corrected chi connectivity index (χ2v) is 7.05. The Labute approximate surface area is 139 Å². The molecule has 2 aliphatic rings. The minimum atomic E-state index is -0.418. The Morgan fingerprint density at radius 3 is 2.65 bits per heavy atom. The molecule has 1 aromatic carbocycles. The number of carbonyl (C=O) groups excluding carboxylic acids is 1. The Morgan fingerprint density at radius 2 is 1.96 bits per heavy atom. The Hall–Kier alpha value is -1.39. The minimum absolute atomic E-state index is 0.0443. The van der Waals surface area contributed by atoms with E-state index in [4.69, 9.17) is 0 Å². The maximum absolute atomic E-state index is 12.6. The fourth-order valence-electron chi connectivity index (χ4n) is 4.12. The van der Waals surface area contributed by atoms with Crippen LogP contribution in [0.25, 0.3) is 0 Å². The number of benzene rings is 1. The topological polar surface area (TPSA) is 43.8 Å². The molecular formula is C19H28N2O2. The van der Waals surface area contributed by atoms with Crippen molar-refractivity contribution in [2.45, 2.75) is 57.2 Å². The smallest absolute Gasteiger partial charge is 0.227 e. The molecule has 23 heavy (non-hydrogen) atoms. The van der Waals surface area contributed by atoms with Gasteiger partial charge in [0.1, 0.15) is 0 Å². The summed E-state index contributed by atoms with van der Waals surface area (Å²) in [5, 5.41) is 10.7. The number of nitrogens with zero attached hydrogens (tertiary/aromatic N) is 2. The number of hydrogen-bond acceptors (Lipinski definition) is 3. The number of carbonyl (C=O) groups is 1. The van der Waals surface area contributed by atoms with Crippen molar-refractivity contribution in [3.05, 3.63) is 35.4 Å². The van der Waals surface area contributed by atoms with Crippen LogP contribution < -0.4 is 0 Å². The van der Waals surface area contributed by atoms with Crippen LogP contribution in [0, 0.1) is 6.92 Å². The zero-order valence-corrected chi connectivity index (χ0v) is 14.2. The molecule has 4 nitrogen and oxygen atoms in total. The third-order valence-electron chi connectivity index (χ3n) is 5.65. The highest BCUT2D eigenvalue weighted by molar-refractivity contribution is 5.79. The molecule has 1 aromatic rings. The van der Waals surface area contributed by atoms with E-state index in [1.807, 2.05) is 38.2 Å². The van der Waals surface area contributed by atoms with Gasteiger partial charge >= 0.3 is 0 Å². The van der Waals surface area contributed by atoms with Gasteiger partial charge in [-0.15, -0.1) is 0 Å². The van der Waals surface area contributed by atoms with Gasteiger partial charge in [0.25, 0.3) is 0 Å². The molecule has 4 heteroatoms. The van der Waals surface area contributed by atoms with Gasteiger partial charge < -0.3 is 10.0 Å². The maximum Gasteiger partial charge on any atom is 0.227 e. The van der Waals surface area contributed by atoms with Crippen molar-refractivity contribution in [1.82, 2.24) is 9.80 Å². The van der Waals surface area contributed by atoms with Crippen molar-refractivity contribution in [2.24, 2.45) is 0 Å². The number of aryl methyl sites for hydroxylation is 1. The molecule has 0 spiro atoms. The Bertz CT molecular complexity index is 554. The number of likely N-dealkylation sites (tertiary alicyclic amines) is 1. The molecule has 1 saturated carbocycles. The van der Waals surface area contributed by atoms with Crippen molar-refractivity contribution in [3.63, 3.8) is 0 Å². The third kappa shape index (κ3) is 3.43. The van der Waals surface area contributed by atoms with Crippen molar-refractivity contribution >= 4 is 5.91 Å². The third-order valence-corrected chi connectivity index (χ3v) is 5.65. The molecule has 0 bridgehead atoms. The molecule has 3 rings (SSSR count). The summed E-state index contributed by atoms with van der Waals surface area (Å²) in [6.07, 6.45) is 4.36. The largest absolute Gasteiger partial charge is 0.389 e. The van der Waals surface area contributed by atoms with E-state index in [0.29, 0.717) is 6.42 Å². The predicted molar refractivity (Wildman–Crippen MR) is 91.3 cm³/mol. The summed E-state index contributed by atoms with van der Waals surface area (Å²) in [6.45, 7) is 4.22. The summed E-state index contributed by atoms with van der Waals surface area (Å²) >= 11 is 0. The molecule has 0 radical (unpaired) electrons. The first-order chi connectivity index (χ1) is 11.1. The summed E-state index contributed by atoms with van der Waals surface area (Å²) in [5.41, 5.74) is 2.23. The molecule has 0 aromatic heterocycles. The number of aliphatic hydroxyl groups is 1. The first-order valence-corrected chi connectivity index (χ1v) is 8.80. The standard InChI is InChI=1S/C19H28N2O2/c1-14-7-3-4-8-15(14)13-18(22)20(2)16-9-10-17(19(16)23)21-11-5-6-12-21/h3-4,7-8,16-17,19,23H,5-6,9-13H2,1-2H3/t16-,17-,19-/m1/s1. The molecule has 1 heterocycles. The van der Waals surface area contributed by atoms with Crippen LogP contribution in [-0.4, -0.2) is 59.1 Å². The summed E-state index contributed by atoms with van der Waals surface area (Å²) in [5.74, 6) is 0.102. The van der Waals surface area contributed by atoms with E-state index >= 15 is 0 Å². The van der Waals surface area contributed by atoms with Gasteiger partial charge in [-0.25, -0.2) is 0 Å². The lowest BCUT2D eigenvalue weighted by atomic mass is 10.0. The summed E-state index contributed by atoms with van der Waals surface area (Å²) < 4.78 is 0. The van der Waals surface area contributed by atoms with E-state index in [9.17, 15) is 9.90 Å². The highest BCUT2D eigenvalue weighted by atomic mass is 16.3. The molecule has 3 atom stereocenters. The van der Waals surface area contributed by atoms with Gasteiger partial charge in [-0.05, 0) is 56.8 Å². The molecule has 126 valence electrons. The van der Waals surface area contributed by atoms with Gasteiger partial charge in [0, 0.05) is 13.1 Å². The van der Waals surface area contributed by atoms with E-state index in [2.05, 4.69) is 4.90 Å². The quantitative estimate of drug-likeness (QED) is 0.924. The number of amides is 1. The number of likely N-dealkylation sites (N-methyl/N-ethyl adjacent to an activating group) is 1. The van der Waals surface area contributed by atoms with Gasteiger partial charge in [0.2, 0.25) is 5.91 Å². The first-order valence-electron chi connectivity index (χ1n) is 8.80. The second-order valence-electron chi connectivity index (χ2n) is 7.05. The van der Waals surface area contributed by atoms with Crippen LogP contribution in [0.15, 0.2) is 24.3 Å². The Morgan fingerprint density at radius 1 is 1.26 bits per heavy atom. The van der Waals surface area contributed by atoms with Crippen LogP contribution >= 0.6 is 0 Å². The van der Waals surface area contributed by atoms with E-state index in [0.717, 1.165) is 37.1 Å². The van der Waals surface area contributed by atoms with Crippen LogP contribution in [0.5, 0.6) is 0 Å². The highest BCUT2D eigenvalue weighted by Gasteiger charge is 2.41. The first kappa shape index (κ1) is 16.5. The Kier molecular flexibility index (Phi) is 5.02. The summed E-state index contributed by atoms with van der Waals surface area (Å²) in [6, 6.07) is 8.21. The second kappa shape index (κ2) is 7.02. The molecular weight excluding hydrogens is 288 g/mol. The van der Waals surface area contributed by atoms with Gasteiger partial charge in [0.05, 0.1) is 18.6 Å². The van der Waals surface area contributed by atoms with Gasteiger partial charge in [0.15, 0.2) is 0 Å². The highest BCUT2D eigenvalue weighted by Crippen LogP contribution is 2.30. The van der Waals surface area contributed by atoms with Crippen molar-refractivity contribution in [1.29, 1.82) is 0 Å². The normalized spacial score (nSPS) is 28.2. The van der Waals surface area contributed by atoms with Crippen molar-refractivity contribution in [2.75, 3.05) is 20.1 Å². The lowest BCUT2D eigenvalue weighted by Gasteiger charge is -2.32. The summed E-state index contributed by atoms with van der Waals surface area (Å²) in [4.78, 5) is 16.8. The van der Waals surface area contributed by atoms with Crippen LogP contribution in [0.3, 0.4) is 0 Å². The van der Waals surface area contributed by atoms with Gasteiger partial charge in [-0.3, -0.25) is 9.69 Å². The van der Waals surface area contributed by atoms with E-state index in [1.54, 1.807) is 4.90 Å². The van der Waals surface area contributed by atoms with Crippen molar-refractivity contribution < 1.29 is 9.90 Å². The molecule has 1 aliphatic heterocycles. The Balaban J connectivity index is 1.62. The number of aliphatic hydroxyl groups excluding tert-OH is 1. The van der Waals surface area contributed by atoms with Gasteiger partial charge in [-0.2, -0.15) is 0 Å². The minimum Gasteiger partial charge on any atom is -0.389 e. The van der Waals surface area contributed by atoms with Crippen LogP contribution in [0.1, 0.15) is 36.8 Å². The summed E-state index contributed by atoms with van der Waals surface area (Å²) in [7, 11) is 1.85. The zero-order chi connectivity index (χ0) is 16.4. The van der Waals surface area contributed by atoms with Crippen LogP contribution in [0.4, 0.5) is 0 Å². The lowest BCUT2D eigenvalue weighted by molar-refractivity contribution is -0.133. The SMILES string of the molecule is Cc1ccccc1CC(=O)N(C)[C@@H]1CC[C@@H](N2CCCC2)[C@@H]1O. The number of rotatable bonds is 4. The van der Waals surface area contributed by atoms with E-state index < -0.39 is 6.10 Å². The molecule has 1 N–H and O–H groups in total. The number of hydrogen-bond donors (Lipinski definition) is 1. The van der Waals surface area contributed by atoms with Crippen LogP contribution in [-0.2, 0) is 11.2 Å². The zero-order valence-electron chi connectivity index (χ0n) is 14.2. The molecule has 2 fully saturated rings. The van der Waals surface area contributed by atoms with E-state index in [-0.39, 0.29) is 18.0 Å². The average Bonchev–Trinajstić information content (AvgIpc) is 3.18. The van der Waals surface area contributed by atoms with E-state index in [1.165, 1.54) is 12.8 Å². The molecule has 1 amide bonds. The van der Waals surface area contributed by atoms with Crippen molar-refractivity contribution in [3.8, 4) is 0 Å². The average molecular weight is 316 g/mol. The fourth-order valence-corrected chi connectivity index (χ4v) is 4.12.